The fraction of sp³-hybridized carbons (Fsp3) is 0.167. The minimum absolute atomic E-state index is 0.385. The molecule has 1 aromatic heterocycles. The van der Waals surface area contributed by atoms with E-state index in [-0.39, 0.29) is 0 Å². The number of thiazole rings is 1. The van der Waals surface area contributed by atoms with Crippen LogP contribution in [-0.4, -0.2) is 10.9 Å². The van der Waals surface area contributed by atoms with Crippen LogP contribution in [0.25, 0.3) is 10.4 Å². The molecule has 3 nitrogen and oxygen atoms in total. The lowest BCUT2D eigenvalue weighted by molar-refractivity contribution is 0.1000. The molecule has 0 aliphatic heterocycles. The van der Waals surface area contributed by atoms with Gasteiger partial charge in [-0.3, -0.25) is 4.79 Å². The molecule has 0 saturated carbocycles. The molecule has 0 bridgehead atoms. The van der Waals surface area contributed by atoms with E-state index in [0.717, 1.165) is 22.6 Å². The van der Waals surface area contributed by atoms with Gasteiger partial charge in [-0.15, -0.1) is 11.3 Å². The summed E-state index contributed by atoms with van der Waals surface area (Å²) in [6, 6.07) is 9.93. The number of amides is 1. The zero-order valence-electron chi connectivity index (χ0n) is 8.93. The largest absolute Gasteiger partial charge is 0.364 e. The second-order valence-electron chi connectivity index (χ2n) is 3.38. The van der Waals surface area contributed by atoms with Crippen LogP contribution >= 0.6 is 11.3 Å². The standard InChI is InChI=1S/C12H12N2OS/c1-2-9-10(8-6-4-3-5-7-8)16-12(14-9)11(13)15/h3-7H,2H2,1H3,(H2,13,15). The predicted molar refractivity (Wildman–Crippen MR) is 65.4 cm³/mol. The van der Waals surface area contributed by atoms with E-state index in [1.807, 2.05) is 37.3 Å². The summed E-state index contributed by atoms with van der Waals surface area (Å²) in [4.78, 5) is 16.4. The summed E-state index contributed by atoms with van der Waals surface area (Å²) in [5.74, 6) is -0.457. The highest BCUT2D eigenvalue weighted by atomic mass is 32.1. The van der Waals surface area contributed by atoms with E-state index in [0.29, 0.717) is 5.01 Å². The van der Waals surface area contributed by atoms with Crippen molar-refractivity contribution in [2.24, 2.45) is 5.73 Å². The number of carbonyl (C=O) groups is 1. The minimum atomic E-state index is -0.457. The molecule has 0 fully saturated rings. The van der Waals surface area contributed by atoms with Crippen LogP contribution in [0.3, 0.4) is 0 Å². The molecule has 0 unspecified atom stereocenters. The van der Waals surface area contributed by atoms with Gasteiger partial charge in [0, 0.05) is 0 Å². The van der Waals surface area contributed by atoms with Crippen LogP contribution < -0.4 is 5.73 Å². The van der Waals surface area contributed by atoms with E-state index in [1.165, 1.54) is 11.3 Å². The molecule has 82 valence electrons. The first-order valence-electron chi connectivity index (χ1n) is 5.07. The van der Waals surface area contributed by atoms with Crippen LogP contribution in [-0.2, 0) is 6.42 Å². The van der Waals surface area contributed by atoms with Crippen LogP contribution in [0, 0.1) is 0 Å². The molecule has 2 N–H and O–H groups in total. The van der Waals surface area contributed by atoms with E-state index < -0.39 is 5.91 Å². The fourth-order valence-electron chi connectivity index (χ4n) is 1.51. The first-order chi connectivity index (χ1) is 7.72. The van der Waals surface area contributed by atoms with Crippen molar-refractivity contribution in [1.82, 2.24) is 4.98 Å². The molecule has 1 aromatic carbocycles. The molecule has 0 atom stereocenters. The van der Waals surface area contributed by atoms with Gasteiger partial charge in [0.15, 0.2) is 5.01 Å². The topological polar surface area (TPSA) is 56.0 Å². The van der Waals surface area contributed by atoms with Gasteiger partial charge in [-0.05, 0) is 12.0 Å². The molecule has 0 spiro atoms. The van der Waals surface area contributed by atoms with Crippen molar-refractivity contribution >= 4 is 17.2 Å². The number of primary amides is 1. The molecule has 2 rings (SSSR count). The van der Waals surface area contributed by atoms with E-state index in [4.69, 9.17) is 5.73 Å². The average molecular weight is 232 g/mol. The minimum Gasteiger partial charge on any atom is -0.364 e. The van der Waals surface area contributed by atoms with E-state index in [2.05, 4.69) is 4.98 Å². The van der Waals surface area contributed by atoms with Crippen molar-refractivity contribution in [3.63, 3.8) is 0 Å². The SMILES string of the molecule is CCc1nc(C(N)=O)sc1-c1ccccc1. The number of hydrogen-bond acceptors (Lipinski definition) is 3. The third kappa shape index (κ3) is 1.97. The molecule has 16 heavy (non-hydrogen) atoms. The van der Waals surface area contributed by atoms with Gasteiger partial charge in [0.1, 0.15) is 0 Å². The molecular weight excluding hydrogens is 220 g/mol. The zero-order valence-corrected chi connectivity index (χ0v) is 9.75. The summed E-state index contributed by atoms with van der Waals surface area (Å²) in [5.41, 5.74) is 7.26. The molecule has 1 amide bonds. The number of hydrogen-bond donors (Lipinski definition) is 1. The monoisotopic (exact) mass is 232 g/mol. The lowest BCUT2D eigenvalue weighted by Crippen LogP contribution is -2.10. The number of benzene rings is 1. The zero-order chi connectivity index (χ0) is 11.5. The van der Waals surface area contributed by atoms with Gasteiger partial charge in [-0.1, -0.05) is 37.3 Å². The average Bonchev–Trinajstić information content (AvgIpc) is 2.74. The predicted octanol–water partition coefficient (Wildman–Crippen LogP) is 2.47. The Morgan fingerprint density at radius 1 is 1.38 bits per heavy atom. The summed E-state index contributed by atoms with van der Waals surface area (Å²) < 4.78 is 0. The first kappa shape index (κ1) is 10.8. The third-order valence-electron chi connectivity index (χ3n) is 2.28. The Kier molecular flexibility index (Phi) is 3.01. The van der Waals surface area contributed by atoms with Gasteiger partial charge in [-0.25, -0.2) is 4.98 Å². The Bertz CT molecular complexity index is 505. The second-order valence-corrected chi connectivity index (χ2v) is 4.38. The van der Waals surface area contributed by atoms with E-state index in [9.17, 15) is 4.79 Å². The summed E-state index contributed by atoms with van der Waals surface area (Å²) in [6.45, 7) is 2.02. The maximum atomic E-state index is 11.1. The maximum absolute atomic E-state index is 11.1. The van der Waals surface area contributed by atoms with Gasteiger partial charge in [0.25, 0.3) is 5.91 Å². The summed E-state index contributed by atoms with van der Waals surface area (Å²) in [6.07, 6.45) is 0.800. The number of nitrogens with zero attached hydrogens (tertiary/aromatic N) is 1. The van der Waals surface area contributed by atoms with Crippen LogP contribution in [0.4, 0.5) is 0 Å². The highest BCUT2D eigenvalue weighted by molar-refractivity contribution is 7.17. The molecule has 2 aromatic rings. The number of aryl methyl sites for hydroxylation is 1. The molecule has 0 aliphatic carbocycles. The Hall–Kier alpha value is -1.68. The van der Waals surface area contributed by atoms with Crippen molar-refractivity contribution in [2.75, 3.05) is 0 Å². The van der Waals surface area contributed by atoms with Crippen LogP contribution in [0.2, 0.25) is 0 Å². The van der Waals surface area contributed by atoms with Crippen LogP contribution in [0.15, 0.2) is 30.3 Å². The van der Waals surface area contributed by atoms with E-state index in [1.54, 1.807) is 0 Å². The van der Waals surface area contributed by atoms with Gasteiger partial charge in [0.05, 0.1) is 10.6 Å². The molecule has 1 heterocycles. The number of carbonyl (C=O) groups excluding carboxylic acids is 1. The van der Waals surface area contributed by atoms with Gasteiger partial charge < -0.3 is 5.73 Å². The van der Waals surface area contributed by atoms with Crippen molar-refractivity contribution < 1.29 is 4.79 Å². The van der Waals surface area contributed by atoms with E-state index >= 15 is 0 Å². The Labute approximate surface area is 97.9 Å². The summed E-state index contributed by atoms with van der Waals surface area (Å²) in [7, 11) is 0. The van der Waals surface area contributed by atoms with Crippen LogP contribution in [0.5, 0.6) is 0 Å². The first-order valence-corrected chi connectivity index (χ1v) is 5.89. The van der Waals surface area contributed by atoms with Crippen molar-refractivity contribution in [3.8, 4) is 10.4 Å². The molecule has 0 aliphatic rings. The summed E-state index contributed by atoms with van der Waals surface area (Å²) in [5, 5.41) is 0.385. The summed E-state index contributed by atoms with van der Waals surface area (Å²) >= 11 is 1.36. The molecule has 0 saturated heterocycles. The fourth-order valence-corrected chi connectivity index (χ4v) is 2.52. The highest BCUT2D eigenvalue weighted by Crippen LogP contribution is 2.30. The van der Waals surface area contributed by atoms with Crippen molar-refractivity contribution in [2.45, 2.75) is 13.3 Å². The van der Waals surface area contributed by atoms with Crippen molar-refractivity contribution in [3.05, 3.63) is 41.0 Å². The maximum Gasteiger partial charge on any atom is 0.277 e. The number of aromatic nitrogens is 1. The lowest BCUT2D eigenvalue weighted by atomic mass is 10.1. The van der Waals surface area contributed by atoms with Gasteiger partial charge in [0.2, 0.25) is 0 Å². The smallest absolute Gasteiger partial charge is 0.277 e. The Morgan fingerprint density at radius 2 is 2.06 bits per heavy atom. The quantitative estimate of drug-likeness (QED) is 0.883. The Balaban J connectivity index is 2.52. The van der Waals surface area contributed by atoms with Crippen LogP contribution in [0.1, 0.15) is 22.4 Å². The Morgan fingerprint density at radius 3 is 2.62 bits per heavy atom. The molecular formula is C12H12N2OS. The van der Waals surface area contributed by atoms with Crippen molar-refractivity contribution in [1.29, 1.82) is 0 Å². The number of rotatable bonds is 3. The van der Waals surface area contributed by atoms with Gasteiger partial charge in [-0.2, -0.15) is 0 Å². The molecule has 4 heteroatoms. The highest BCUT2D eigenvalue weighted by Gasteiger charge is 2.14. The lowest BCUT2D eigenvalue weighted by Gasteiger charge is -1.98. The van der Waals surface area contributed by atoms with Gasteiger partial charge >= 0.3 is 0 Å². The molecule has 0 radical (unpaired) electrons. The second kappa shape index (κ2) is 4.45. The third-order valence-corrected chi connectivity index (χ3v) is 3.44. The number of nitrogens with two attached hydrogens (primary N) is 1. The normalized spacial score (nSPS) is 10.3.